The Hall–Kier alpha value is -0.960. The standard InChI is InChI=1S/C12H13BrO2/c1-8(14)3-4-10-5-6-11(9(2)15)7-12(10)13/h5-7H,3-4H2,1-2H3. The highest BCUT2D eigenvalue weighted by atomic mass is 79.9. The average molecular weight is 269 g/mol. The van der Waals surface area contributed by atoms with Gasteiger partial charge in [-0.3, -0.25) is 4.79 Å². The Bertz CT molecular complexity index is 397. The summed E-state index contributed by atoms with van der Waals surface area (Å²) in [5, 5.41) is 0. The second-order valence-corrected chi connectivity index (χ2v) is 4.42. The molecule has 0 aliphatic carbocycles. The Morgan fingerprint density at radius 1 is 1.27 bits per heavy atom. The lowest BCUT2D eigenvalue weighted by atomic mass is 10.0. The molecule has 0 heterocycles. The highest BCUT2D eigenvalue weighted by Gasteiger charge is 2.05. The predicted molar refractivity (Wildman–Crippen MR) is 63.1 cm³/mol. The topological polar surface area (TPSA) is 34.1 Å². The molecule has 0 spiro atoms. The largest absolute Gasteiger partial charge is 0.300 e. The Morgan fingerprint density at radius 2 is 1.93 bits per heavy atom. The summed E-state index contributed by atoms with van der Waals surface area (Å²) < 4.78 is 0.899. The second-order valence-electron chi connectivity index (χ2n) is 3.56. The summed E-state index contributed by atoms with van der Waals surface area (Å²) in [5.74, 6) is 0.228. The van der Waals surface area contributed by atoms with Crippen molar-refractivity contribution < 1.29 is 9.59 Å². The van der Waals surface area contributed by atoms with Crippen molar-refractivity contribution in [1.29, 1.82) is 0 Å². The van der Waals surface area contributed by atoms with E-state index in [1.165, 1.54) is 6.92 Å². The van der Waals surface area contributed by atoms with Gasteiger partial charge in [0.2, 0.25) is 0 Å². The number of hydrogen-bond acceptors (Lipinski definition) is 2. The fourth-order valence-electron chi connectivity index (χ4n) is 1.28. The molecule has 0 saturated carbocycles. The van der Waals surface area contributed by atoms with Crippen LogP contribution in [0.2, 0.25) is 0 Å². The SMILES string of the molecule is CC(=O)CCc1ccc(C(C)=O)cc1Br. The number of ketones is 2. The van der Waals surface area contributed by atoms with Gasteiger partial charge in [0.1, 0.15) is 5.78 Å². The first-order chi connectivity index (χ1) is 7.00. The average Bonchev–Trinajstić information content (AvgIpc) is 2.15. The van der Waals surface area contributed by atoms with Gasteiger partial charge in [0.25, 0.3) is 0 Å². The molecule has 3 heteroatoms. The number of rotatable bonds is 4. The van der Waals surface area contributed by atoms with Crippen LogP contribution in [0, 0.1) is 0 Å². The number of halogens is 1. The minimum atomic E-state index is 0.0498. The van der Waals surface area contributed by atoms with Gasteiger partial charge in [-0.05, 0) is 31.9 Å². The number of carbonyl (C=O) groups excluding carboxylic acids is 2. The molecule has 0 amide bonds. The summed E-state index contributed by atoms with van der Waals surface area (Å²) in [4.78, 5) is 21.9. The fraction of sp³-hybridized carbons (Fsp3) is 0.333. The van der Waals surface area contributed by atoms with Crippen LogP contribution in [0.1, 0.15) is 36.2 Å². The quantitative estimate of drug-likeness (QED) is 0.787. The van der Waals surface area contributed by atoms with E-state index in [2.05, 4.69) is 15.9 Å². The van der Waals surface area contributed by atoms with Crippen LogP contribution < -0.4 is 0 Å². The lowest BCUT2D eigenvalue weighted by molar-refractivity contribution is -0.116. The first-order valence-corrected chi connectivity index (χ1v) is 5.59. The predicted octanol–water partition coefficient (Wildman–Crippen LogP) is 3.17. The maximum atomic E-state index is 11.1. The van der Waals surface area contributed by atoms with Crippen LogP contribution in [0.4, 0.5) is 0 Å². The first kappa shape index (κ1) is 12.1. The molecule has 0 N–H and O–H groups in total. The van der Waals surface area contributed by atoms with Crippen LogP contribution in [0.15, 0.2) is 22.7 Å². The molecule has 15 heavy (non-hydrogen) atoms. The van der Waals surface area contributed by atoms with E-state index in [0.717, 1.165) is 10.0 Å². The van der Waals surface area contributed by atoms with E-state index in [4.69, 9.17) is 0 Å². The molecular weight excluding hydrogens is 256 g/mol. The van der Waals surface area contributed by atoms with Gasteiger partial charge in [0, 0.05) is 16.5 Å². The van der Waals surface area contributed by atoms with Gasteiger partial charge in [-0.15, -0.1) is 0 Å². The smallest absolute Gasteiger partial charge is 0.159 e. The zero-order valence-corrected chi connectivity index (χ0v) is 10.4. The number of carbonyl (C=O) groups is 2. The van der Waals surface area contributed by atoms with Crippen molar-refractivity contribution in [2.75, 3.05) is 0 Å². The van der Waals surface area contributed by atoms with Crippen LogP contribution in [-0.2, 0) is 11.2 Å². The Morgan fingerprint density at radius 3 is 2.40 bits per heavy atom. The fourth-order valence-corrected chi connectivity index (χ4v) is 1.86. The third-order valence-electron chi connectivity index (χ3n) is 2.21. The molecule has 2 nitrogen and oxygen atoms in total. The second kappa shape index (κ2) is 5.21. The lowest BCUT2D eigenvalue weighted by Gasteiger charge is -2.04. The van der Waals surface area contributed by atoms with Crippen molar-refractivity contribution in [2.45, 2.75) is 26.7 Å². The molecular formula is C12H13BrO2. The minimum absolute atomic E-state index is 0.0498. The number of Topliss-reactive ketones (excluding diaryl/α,β-unsaturated/α-hetero) is 2. The summed E-state index contributed by atoms with van der Waals surface area (Å²) in [6.45, 7) is 3.12. The molecule has 0 saturated heterocycles. The van der Waals surface area contributed by atoms with E-state index in [1.54, 1.807) is 19.1 Å². The molecule has 0 unspecified atom stereocenters. The number of benzene rings is 1. The van der Waals surface area contributed by atoms with Gasteiger partial charge >= 0.3 is 0 Å². The van der Waals surface area contributed by atoms with Crippen molar-refractivity contribution in [3.8, 4) is 0 Å². The van der Waals surface area contributed by atoms with Crippen molar-refractivity contribution in [2.24, 2.45) is 0 Å². The number of hydrogen-bond donors (Lipinski definition) is 0. The molecule has 0 fully saturated rings. The summed E-state index contributed by atoms with van der Waals surface area (Å²) >= 11 is 3.40. The third kappa shape index (κ3) is 3.59. The molecule has 1 aromatic rings. The van der Waals surface area contributed by atoms with Gasteiger partial charge in [0.05, 0.1) is 0 Å². The Labute approximate surface area is 97.8 Å². The number of aryl methyl sites for hydroxylation is 1. The van der Waals surface area contributed by atoms with Crippen LogP contribution in [0.5, 0.6) is 0 Å². The summed E-state index contributed by atoms with van der Waals surface area (Å²) in [6, 6.07) is 5.49. The summed E-state index contributed by atoms with van der Waals surface area (Å²) in [5.41, 5.74) is 1.75. The van der Waals surface area contributed by atoms with Crippen LogP contribution in [0.3, 0.4) is 0 Å². The molecule has 0 aromatic heterocycles. The molecule has 0 bridgehead atoms. The molecule has 80 valence electrons. The van der Waals surface area contributed by atoms with E-state index >= 15 is 0 Å². The Balaban J connectivity index is 2.83. The van der Waals surface area contributed by atoms with Crippen molar-refractivity contribution >= 4 is 27.5 Å². The van der Waals surface area contributed by atoms with E-state index in [1.807, 2.05) is 6.07 Å². The van der Waals surface area contributed by atoms with E-state index in [9.17, 15) is 9.59 Å². The summed E-state index contributed by atoms with van der Waals surface area (Å²) in [6.07, 6.45) is 1.26. The Kier molecular flexibility index (Phi) is 4.21. The zero-order valence-electron chi connectivity index (χ0n) is 8.84. The van der Waals surface area contributed by atoms with E-state index < -0.39 is 0 Å². The molecule has 0 aliphatic heterocycles. The summed E-state index contributed by atoms with van der Waals surface area (Å²) in [7, 11) is 0. The minimum Gasteiger partial charge on any atom is -0.300 e. The van der Waals surface area contributed by atoms with Gasteiger partial charge in [-0.1, -0.05) is 28.1 Å². The van der Waals surface area contributed by atoms with Gasteiger partial charge in [-0.25, -0.2) is 0 Å². The van der Waals surface area contributed by atoms with Gasteiger partial charge in [0.15, 0.2) is 5.78 Å². The lowest BCUT2D eigenvalue weighted by Crippen LogP contribution is -1.97. The zero-order chi connectivity index (χ0) is 11.4. The van der Waals surface area contributed by atoms with Crippen LogP contribution in [-0.4, -0.2) is 11.6 Å². The van der Waals surface area contributed by atoms with Crippen LogP contribution in [0.25, 0.3) is 0 Å². The monoisotopic (exact) mass is 268 g/mol. The van der Waals surface area contributed by atoms with E-state index in [-0.39, 0.29) is 11.6 Å². The molecule has 0 aliphatic rings. The maximum absolute atomic E-state index is 11.1. The van der Waals surface area contributed by atoms with Crippen LogP contribution >= 0.6 is 15.9 Å². The van der Waals surface area contributed by atoms with E-state index in [0.29, 0.717) is 18.4 Å². The van der Waals surface area contributed by atoms with Crippen molar-refractivity contribution in [1.82, 2.24) is 0 Å². The molecule has 1 rings (SSSR count). The molecule has 0 atom stereocenters. The first-order valence-electron chi connectivity index (χ1n) is 4.79. The highest BCUT2D eigenvalue weighted by Crippen LogP contribution is 2.20. The third-order valence-corrected chi connectivity index (χ3v) is 2.94. The molecule has 0 radical (unpaired) electrons. The van der Waals surface area contributed by atoms with Crippen molar-refractivity contribution in [3.63, 3.8) is 0 Å². The van der Waals surface area contributed by atoms with Gasteiger partial charge in [-0.2, -0.15) is 0 Å². The van der Waals surface area contributed by atoms with Gasteiger partial charge < -0.3 is 4.79 Å². The van der Waals surface area contributed by atoms with Crippen molar-refractivity contribution in [3.05, 3.63) is 33.8 Å². The normalized spacial score (nSPS) is 10.1. The molecule has 1 aromatic carbocycles. The highest BCUT2D eigenvalue weighted by molar-refractivity contribution is 9.10. The maximum Gasteiger partial charge on any atom is 0.159 e.